The van der Waals surface area contributed by atoms with Gasteiger partial charge in [0.15, 0.2) is 0 Å². The predicted octanol–water partition coefficient (Wildman–Crippen LogP) is 2.34. The van der Waals surface area contributed by atoms with E-state index in [2.05, 4.69) is 13.0 Å². The minimum Gasteiger partial charge on any atom is -0.423 e. The normalized spacial score (nSPS) is 24.2. The molecule has 2 unspecified atom stereocenters. The summed E-state index contributed by atoms with van der Waals surface area (Å²) in [6.45, 7) is 5.77. The zero-order valence-corrected chi connectivity index (χ0v) is 10.4. The minimum absolute atomic E-state index is 0.00266. The van der Waals surface area contributed by atoms with Crippen molar-refractivity contribution in [2.24, 2.45) is 11.1 Å². The summed E-state index contributed by atoms with van der Waals surface area (Å²) in [5, 5.41) is 0. The Balaban J connectivity index is 2.56. The van der Waals surface area contributed by atoms with Crippen molar-refractivity contribution in [3.05, 3.63) is 45.5 Å². The highest BCUT2D eigenvalue weighted by Gasteiger charge is 2.24. The van der Waals surface area contributed by atoms with E-state index >= 15 is 0 Å². The van der Waals surface area contributed by atoms with Crippen molar-refractivity contribution in [1.29, 1.82) is 0 Å². The first-order valence-corrected chi connectivity index (χ1v) is 5.71. The van der Waals surface area contributed by atoms with E-state index in [0.29, 0.717) is 11.3 Å². The third-order valence-electron chi connectivity index (χ3n) is 3.38. The highest BCUT2D eigenvalue weighted by molar-refractivity contribution is 5.65. The maximum absolute atomic E-state index is 11.4. The van der Waals surface area contributed by atoms with Crippen LogP contribution < -0.4 is 11.4 Å². The SMILES string of the molecule is Cc1cc2c(oc1=O)C=CC(C)(C(C)N)C=C2. The Morgan fingerprint density at radius 1 is 1.35 bits per heavy atom. The topological polar surface area (TPSA) is 56.2 Å². The average Bonchev–Trinajstić information content (AvgIpc) is 2.42. The molecule has 2 N–H and O–H groups in total. The molecule has 1 aliphatic carbocycles. The first kappa shape index (κ1) is 11.9. The highest BCUT2D eigenvalue weighted by atomic mass is 16.4. The molecular formula is C14H17NO2. The molecule has 2 atom stereocenters. The van der Waals surface area contributed by atoms with Gasteiger partial charge in [0.25, 0.3) is 0 Å². The molecule has 0 spiro atoms. The Bertz CT molecular complexity index is 552. The van der Waals surface area contributed by atoms with Crippen LogP contribution in [0.2, 0.25) is 0 Å². The summed E-state index contributed by atoms with van der Waals surface area (Å²) in [5.74, 6) is 0.598. The van der Waals surface area contributed by atoms with E-state index in [4.69, 9.17) is 10.2 Å². The molecule has 0 radical (unpaired) electrons. The molecule has 3 heteroatoms. The fourth-order valence-corrected chi connectivity index (χ4v) is 1.75. The van der Waals surface area contributed by atoms with Gasteiger partial charge in [-0.1, -0.05) is 25.2 Å². The minimum atomic E-state index is -0.286. The smallest absolute Gasteiger partial charge is 0.339 e. The van der Waals surface area contributed by atoms with Gasteiger partial charge in [0.1, 0.15) is 5.76 Å². The lowest BCUT2D eigenvalue weighted by atomic mass is 9.83. The number of nitrogens with two attached hydrogens (primary N) is 1. The number of rotatable bonds is 1. The van der Waals surface area contributed by atoms with Gasteiger partial charge in [-0.2, -0.15) is 0 Å². The molecule has 0 aliphatic heterocycles. The number of aryl methyl sites for hydroxylation is 1. The van der Waals surface area contributed by atoms with Gasteiger partial charge in [-0.05, 0) is 26.0 Å². The van der Waals surface area contributed by atoms with E-state index in [1.165, 1.54) is 0 Å². The Morgan fingerprint density at radius 3 is 2.65 bits per heavy atom. The van der Waals surface area contributed by atoms with Crippen LogP contribution in [0.1, 0.15) is 30.7 Å². The third-order valence-corrected chi connectivity index (χ3v) is 3.38. The summed E-state index contributed by atoms with van der Waals surface area (Å²) in [6.07, 6.45) is 7.84. The van der Waals surface area contributed by atoms with Crippen LogP contribution in [0.3, 0.4) is 0 Å². The molecule has 1 aliphatic rings. The zero-order valence-electron chi connectivity index (χ0n) is 10.4. The van der Waals surface area contributed by atoms with Crippen LogP contribution in [-0.4, -0.2) is 6.04 Å². The van der Waals surface area contributed by atoms with Gasteiger partial charge in [0.05, 0.1) is 0 Å². The van der Waals surface area contributed by atoms with Crippen LogP contribution in [0.15, 0.2) is 27.4 Å². The second-order valence-electron chi connectivity index (χ2n) is 4.86. The van der Waals surface area contributed by atoms with E-state index < -0.39 is 0 Å². The third kappa shape index (κ3) is 2.11. The monoisotopic (exact) mass is 231 g/mol. The van der Waals surface area contributed by atoms with Gasteiger partial charge >= 0.3 is 5.63 Å². The predicted molar refractivity (Wildman–Crippen MR) is 69.5 cm³/mol. The van der Waals surface area contributed by atoms with Crippen LogP contribution in [0.5, 0.6) is 0 Å². The van der Waals surface area contributed by atoms with Crippen molar-refractivity contribution in [2.45, 2.75) is 26.8 Å². The van der Waals surface area contributed by atoms with Gasteiger partial charge in [0, 0.05) is 22.6 Å². The number of fused-ring (bicyclic) bond motifs is 1. The molecule has 0 amide bonds. The molecule has 1 heterocycles. The first-order valence-electron chi connectivity index (χ1n) is 5.71. The zero-order chi connectivity index (χ0) is 12.6. The first-order chi connectivity index (χ1) is 7.92. The van der Waals surface area contributed by atoms with Gasteiger partial charge in [-0.3, -0.25) is 0 Å². The Hall–Kier alpha value is -1.61. The van der Waals surface area contributed by atoms with E-state index in [-0.39, 0.29) is 17.1 Å². The molecule has 2 rings (SSSR count). The van der Waals surface area contributed by atoms with Gasteiger partial charge in [0.2, 0.25) is 0 Å². The van der Waals surface area contributed by atoms with Gasteiger partial charge in [-0.25, -0.2) is 4.79 Å². The summed E-state index contributed by atoms with van der Waals surface area (Å²) in [7, 11) is 0. The Kier molecular flexibility index (Phi) is 2.79. The average molecular weight is 231 g/mol. The maximum Gasteiger partial charge on any atom is 0.339 e. The van der Waals surface area contributed by atoms with Crippen molar-refractivity contribution < 1.29 is 4.42 Å². The summed E-state index contributed by atoms with van der Waals surface area (Å²) < 4.78 is 5.25. The Labute approximate surface area is 101 Å². The molecule has 0 saturated heterocycles. The standard InChI is InChI=1S/C14H17NO2/c1-9-8-11-4-6-14(3,10(2)15)7-5-12(11)17-13(9)16/h4-8,10H,15H2,1-3H3. The molecule has 0 aromatic carbocycles. The summed E-state index contributed by atoms with van der Waals surface area (Å²) in [6, 6.07) is 1.84. The largest absolute Gasteiger partial charge is 0.423 e. The lowest BCUT2D eigenvalue weighted by Crippen LogP contribution is -2.33. The van der Waals surface area contributed by atoms with Crippen LogP contribution in [0, 0.1) is 12.3 Å². The van der Waals surface area contributed by atoms with Gasteiger partial charge < -0.3 is 10.2 Å². The Morgan fingerprint density at radius 2 is 2.00 bits per heavy atom. The molecule has 17 heavy (non-hydrogen) atoms. The van der Waals surface area contributed by atoms with Crippen molar-refractivity contribution in [3.8, 4) is 0 Å². The fourth-order valence-electron chi connectivity index (χ4n) is 1.75. The van der Waals surface area contributed by atoms with E-state index in [1.54, 1.807) is 6.92 Å². The molecule has 0 saturated carbocycles. The summed E-state index contributed by atoms with van der Waals surface area (Å²) in [5.41, 5.74) is 7.00. The van der Waals surface area contributed by atoms with Crippen molar-refractivity contribution in [1.82, 2.24) is 0 Å². The summed E-state index contributed by atoms with van der Waals surface area (Å²) >= 11 is 0. The summed E-state index contributed by atoms with van der Waals surface area (Å²) in [4.78, 5) is 11.4. The fraction of sp³-hybridized carbons (Fsp3) is 0.357. The second-order valence-corrected chi connectivity index (χ2v) is 4.86. The molecule has 90 valence electrons. The van der Waals surface area contributed by atoms with E-state index in [9.17, 15) is 4.79 Å². The van der Waals surface area contributed by atoms with Crippen LogP contribution in [0.4, 0.5) is 0 Å². The van der Waals surface area contributed by atoms with Crippen molar-refractivity contribution in [2.75, 3.05) is 0 Å². The molecule has 0 fully saturated rings. The molecule has 1 aromatic heterocycles. The quantitative estimate of drug-likeness (QED) is 0.807. The lowest BCUT2D eigenvalue weighted by molar-refractivity contribution is 0.453. The van der Waals surface area contributed by atoms with E-state index in [0.717, 1.165) is 5.56 Å². The molecule has 1 aromatic rings. The van der Waals surface area contributed by atoms with Crippen molar-refractivity contribution in [3.63, 3.8) is 0 Å². The van der Waals surface area contributed by atoms with Crippen LogP contribution >= 0.6 is 0 Å². The maximum atomic E-state index is 11.4. The molecule has 0 bridgehead atoms. The second kappa shape index (κ2) is 4.00. The van der Waals surface area contributed by atoms with Gasteiger partial charge in [-0.15, -0.1) is 0 Å². The number of hydrogen-bond acceptors (Lipinski definition) is 3. The number of hydrogen-bond donors (Lipinski definition) is 1. The highest BCUT2D eigenvalue weighted by Crippen LogP contribution is 2.30. The lowest BCUT2D eigenvalue weighted by Gasteiger charge is -2.25. The van der Waals surface area contributed by atoms with Crippen LogP contribution in [0.25, 0.3) is 12.2 Å². The molecular weight excluding hydrogens is 214 g/mol. The van der Waals surface area contributed by atoms with E-state index in [1.807, 2.05) is 31.2 Å². The molecule has 3 nitrogen and oxygen atoms in total. The van der Waals surface area contributed by atoms with Crippen LogP contribution in [-0.2, 0) is 0 Å². The van der Waals surface area contributed by atoms with Crippen molar-refractivity contribution >= 4 is 12.2 Å².